The summed E-state index contributed by atoms with van der Waals surface area (Å²) in [4.78, 5) is 33.2. The van der Waals surface area contributed by atoms with E-state index >= 15 is 0 Å². The molecule has 34 heavy (non-hydrogen) atoms. The fourth-order valence-electron chi connectivity index (χ4n) is 4.52. The molecule has 2 saturated heterocycles. The second-order valence-corrected chi connectivity index (χ2v) is 9.56. The van der Waals surface area contributed by atoms with Gasteiger partial charge < -0.3 is 14.5 Å². The van der Waals surface area contributed by atoms with Crippen molar-refractivity contribution in [2.45, 2.75) is 38.3 Å². The van der Waals surface area contributed by atoms with Crippen molar-refractivity contribution in [3.8, 4) is 11.8 Å². The van der Waals surface area contributed by atoms with Crippen molar-refractivity contribution in [1.82, 2.24) is 9.88 Å². The van der Waals surface area contributed by atoms with Crippen LogP contribution >= 0.6 is 11.3 Å². The zero-order chi connectivity index (χ0) is 23.7. The van der Waals surface area contributed by atoms with Gasteiger partial charge in [-0.3, -0.25) is 9.59 Å². The summed E-state index contributed by atoms with van der Waals surface area (Å²) in [6.45, 7) is 3.24. The quantitative estimate of drug-likeness (QED) is 0.485. The highest BCUT2D eigenvalue weighted by Gasteiger charge is 2.49. The van der Waals surface area contributed by atoms with Crippen LogP contribution in [0.4, 0.5) is 5.69 Å². The van der Waals surface area contributed by atoms with Crippen LogP contribution in [0.25, 0.3) is 0 Å². The van der Waals surface area contributed by atoms with E-state index in [4.69, 9.17) is 10.00 Å². The number of aromatic nitrogens is 1. The summed E-state index contributed by atoms with van der Waals surface area (Å²) in [5.41, 5.74) is 3.32. The molecule has 2 unspecified atom stereocenters. The number of carbonyl (C=O) groups excluding carboxylic acids is 2. The van der Waals surface area contributed by atoms with E-state index in [1.54, 1.807) is 28.4 Å². The van der Waals surface area contributed by atoms with Crippen LogP contribution in [0.1, 0.15) is 40.7 Å². The van der Waals surface area contributed by atoms with E-state index < -0.39 is 6.10 Å². The molecule has 3 aromatic rings. The van der Waals surface area contributed by atoms with Gasteiger partial charge in [-0.05, 0) is 55.3 Å². The van der Waals surface area contributed by atoms with Crippen LogP contribution < -0.4 is 9.64 Å². The average molecular weight is 473 g/mol. The Kier molecular flexibility index (Phi) is 6.03. The third-order valence-electron chi connectivity index (χ3n) is 6.29. The molecule has 8 heteroatoms. The molecule has 2 aliphatic rings. The highest BCUT2D eigenvalue weighted by Crippen LogP contribution is 2.38. The Labute approximate surface area is 202 Å². The molecule has 1 aromatic heterocycles. The summed E-state index contributed by atoms with van der Waals surface area (Å²) in [6.07, 6.45) is 1.48. The molecular weight excluding hydrogens is 448 g/mol. The lowest BCUT2D eigenvalue weighted by molar-refractivity contribution is -0.164. The average Bonchev–Trinajstić information content (AvgIpc) is 3.48. The first-order valence-corrected chi connectivity index (χ1v) is 12.2. The Balaban J connectivity index is 1.33. The Hall–Kier alpha value is -3.70. The molecule has 0 bridgehead atoms. The summed E-state index contributed by atoms with van der Waals surface area (Å²) < 4.78 is 6.14. The molecule has 2 fully saturated rings. The minimum Gasteiger partial charge on any atom is -0.478 e. The molecule has 5 rings (SSSR count). The molecule has 2 aromatic carbocycles. The van der Waals surface area contributed by atoms with Crippen LogP contribution in [0, 0.1) is 18.3 Å². The zero-order valence-corrected chi connectivity index (χ0v) is 19.6. The van der Waals surface area contributed by atoms with Gasteiger partial charge in [0.25, 0.3) is 5.91 Å². The Morgan fingerprint density at radius 2 is 1.91 bits per heavy atom. The van der Waals surface area contributed by atoms with E-state index in [0.717, 1.165) is 34.9 Å². The van der Waals surface area contributed by atoms with E-state index in [0.29, 0.717) is 30.7 Å². The number of amides is 2. The molecule has 0 aliphatic carbocycles. The molecule has 0 spiro atoms. The van der Waals surface area contributed by atoms with Gasteiger partial charge in [-0.2, -0.15) is 5.26 Å². The number of hydrogen-bond donors (Lipinski definition) is 0. The van der Waals surface area contributed by atoms with Crippen molar-refractivity contribution in [2.75, 3.05) is 18.0 Å². The minimum absolute atomic E-state index is 0.0693. The number of aryl methyl sites for hydroxylation is 1. The van der Waals surface area contributed by atoms with Crippen molar-refractivity contribution in [1.29, 1.82) is 5.26 Å². The van der Waals surface area contributed by atoms with E-state index in [1.165, 1.54) is 0 Å². The highest BCUT2D eigenvalue weighted by atomic mass is 32.1. The molecule has 0 radical (unpaired) electrons. The molecule has 3 heterocycles. The first-order chi connectivity index (χ1) is 16.5. The van der Waals surface area contributed by atoms with Gasteiger partial charge in [0.1, 0.15) is 11.8 Å². The smallest absolute Gasteiger partial charge is 0.266 e. The van der Waals surface area contributed by atoms with Gasteiger partial charge in [0, 0.05) is 37.0 Å². The van der Waals surface area contributed by atoms with Crippen molar-refractivity contribution >= 4 is 28.8 Å². The number of nitrogens with zero attached hydrogens (tertiary/aromatic N) is 4. The maximum absolute atomic E-state index is 13.1. The lowest BCUT2D eigenvalue weighted by atomic mass is 9.89. The number of β-lactam (4-membered cyclic amide) rings is 1. The fraction of sp³-hybridized carbons (Fsp3) is 0.308. The molecular formula is C26H24N4O3S. The second kappa shape index (κ2) is 9.27. The number of rotatable bonds is 7. The number of anilines is 1. The molecule has 0 N–H and O–H groups in total. The standard InChI is InChI=1S/C26H24N4O3S/c1-17-28-20(16-34-17)12-14-30-24(19-6-4-18(15-27)5-7-19)25(26(30)32)33-22-10-8-21(9-11-22)29-13-2-3-23(29)31/h4-11,16,24-25H,2-3,12-14H2,1H3. The molecule has 0 saturated carbocycles. The Morgan fingerprint density at radius 3 is 2.53 bits per heavy atom. The molecule has 172 valence electrons. The second-order valence-electron chi connectivity index (χ2n) is 8.50. The van der Waals surface area contributed by atoms with Crippen LogP contribution in [0.2, 0.25) is 0 Å². The van der Waals surface area contributed by atoms with Crippen LogP contribution in [0.3, 0.4) is 0 Å². The first-order valence-electron chi connectivity index (χ1n) is 11.3. The largest absolute Gasteiger partial charge is 0.478 e. The summed E-state index contributed by atoms with van der Waals surface area (Å²) in [5.74, 6) is 0.650. The number of ether oxygens (including phenoxy) is 1. The predicted molar refractivity (Wildman–Crippen MR) is 129 cm³/mol. The maximum Gasteiger partial charge on any atom is 0.266 e. The van der Waals surface area contributed by atoms with Crippen molar-refractivity contribution in [2.24, 2.45) is 0 Å². The van der Waals surface area contributed by atoms with Gasteiger partial charge in [-0.25, -0.2) is 4.98 Å². The van der Waals surface area contributed by atoms with Crippen molar-refractivity contribution < 1.29 is 14.3 Å². The summed E-state index contributed by atoms with van der Waals surface area (Å²) in [5, 5.41) is 12.2. The Morgan fingerprint density at radius 1 is 1.15 bits per heavy atom. The van der Waals surface area contributed by atoms with E-state index in [1.807, 2.05) is 53.6 Å². The lowest BCUT2D eigenvalue weighted by Gasteiger charge is -2.46. The number of nitriles is 1. The van der Waals surface area contributed by atoms with Crippen LogP contribution in [-0.4, -0.2) is 40.9 Å². The summed E-state index contributed by atoms with van der Waals surface area (Å²) in [7, 11) is 0. The minimum atomic E-state index is -0.649. The van der Waals surface area contributed by atoms with Gasteiger partial charge in [0.2, 0.25) is 12.0 Å². The monoisotopic (exact) mass is 472 g/mol. The zero-order valence-electron chi connectivity index (χ0n) is 18.8. The van der Waals surface area contributed by atoms with Crippen LogP contribution in [-0.2, 0) is 16.0 Å². The van der Waals surface area contributed by atoms with Gasteiger partial charge in [-0.1, -0.05) is 12.1 Å². The molecule has 2 amide bonds. The topological polar surface area (TPSA) is 86.5 Å². The third-order valence-corrected chi connectivity index (χ3v) is 7.11. The Bertz CT molecular complexity index is 1250. The molecule has 2 aliphatic heterocycles. The fourth-order valence-corrected chi connectivity index (χ4v) is 5.17. The summed E-state index contributed by atoms with van der Waals surface area (Å²) in [6, 6.07) is 16.5. The number of likely N-dealkylation sites (tertiary alicyclic amines) is 1. The van der Waals surface area contributed by atoms with E-state index in [9.17, 15) is 9.59 Å². The van der Waals surface area contributed by atoms with E-state index in [2.05, 4.69) is 11.1 Å². The predicted octanol–water partition coefficient (Wildman–Crippen LogP) is 4.02. The van der Waals surface area contributed by atoms with Gasteiger partial charge in [-0.15, -0.1) is 11.3 Å². The number of thiazole rings is 1. The normalized spacial score (nSPS) is 19.8. The third kappa shape index (κ3) is 4.27. The molecule has 7 nitrogen and oxygen atoms in total. The summed E-state index contributed by atoms with van der Waals surface area (Å²) >= 11 is 1.60. The number of hydrogen-bond acceptors (Lipinski definition) is 6. The first kappa shape index (κ1) is 22.1. The lowest BCUT2D eigenvalue weighted by Crippen LogP contribution is -2.61. The van der Waals surface area contributed by atoms with E-state index in [-0.39, 0.29) is 17.9 Å². The van der Waals surface area contributed by atoms with Crippen LogP contribution in [0.15, 0.2) is 53.9 Å². The van der Waals surface area contributed by atoms with Crippen molar-refractivity contribution in [3.05, 3.63) is 75.7 Å². The highest BCUT2D eigenvalue weighted by molar-refractivity contribution is 7.09. The number of benzene rings is 2. The van der Waals surface area contributed by atoms with Crippen LogP contribution in [0.5, 0.6) is 5.75 Å². The van der Waals surface area contributed by atoms with Crippen molar-refractivity contribution in [3.63, 3.8) is 0 Å². The maximum atomic E-state index is 13.1. The van der Waals surface area contributed by atoms with Gasteiger partial charge in [0.15, 0.2) is 0 Å². The van der Waals surface area contributed by atoms with Gasteiger partial charge >= 0.3 is 0 Å². The number of carbonyl (C=O) groups is 2. The SMILES string of the molecule is Cc1nc(CCN2C(=O)C(Oc3ccc(N4CCCC4=O)cc3)C2c2ccc(C#N)cc2)cs1. The van der Waals surface area contributed by atoms with Gasteiger partial charge in [0.05, 0.1) is 22.3 Å². The molecule has 2 atom stereocenters.